The molecule has 2 aliphatic heterocycles. The Morgan fingerprint density at radius 3 is 2.64 bits per heavy atom. The number of anilines is 1. The zero-order valence-corrected chi connectivity index (χ0v) is 13.4. The van der Waals surface area contributed by atoms with Crippen LogP contribution in [0.4, 0.5) is 11.5 Å². The summed E-state index contributed by atoms with van der Waals surface area (Å²) >= 11 is 0. The van der Waals surface area contributed by atoms with Crippen molar-refractivity contribution in [3.05, 3.63) is 15.8 Å². The first-order valence-electron chi connectivity index (χ1n) is 8.30. The van der Waals surface area contributed by atoms with Crippen molar-refractivity contribution in [2.24, 2.45) is 13.0 Å². The number of hydrogen-bond acceptors (Lipinski definition) is 5. The highest BCUT2D eigenvalue weighted by atomic mass is 16.6. The van der Waals surface area contributed by atoms with Gasteiger partial charge in [0.05, 0.1) is 4.92 Å². The number of piperidine rings is 1. The van der Waals surface area contributed by atoms with Gasteiger partial charge in [-0.05, 0) is 44.6 Å². The molecule has 7 heteroatoms. The lowest BCUT2D eigenvalue weighted by atomic mass is 9.88. The molecule has 0 amide bonds. The maximum atomic E-state index is 11.4. The molecule has 0 bridgehead atoms. The van der Waals surface area contributed by atoms with Gasteiger partial charge in [0, 0.05) is 26.2 Å². The summed E-state index contributed by atoms with van der Waals surface area (Å²) in [7, 11) is 1.81. The minimum Gasteiger partial charge on any atom is -0.351 e. The predicted molar refractivity (Wildman–Crippen MR) is 85.2 cm³/mol. The molecule has 2 aliphatic rings. The third kappa shape index (κ3) is 2.69. The van der Waals surface area contributed by atoms with E-state index in [1.165, 1.54) is 12.8 Å². The van der Waals surface area contributed by atoms with E-state index in [0.717, 1.165) is 32.5 Å². The van der Waals surface area contributed by atoms with Gasteiger partial charge in [-0.1, -0.05) is 6.92 Å². The van der Waals surface area contributed by atoms with E-state index in [4.69, 9.17) is 0 Å². The Balaban J connectivity index is 1.75. The Morgan fingerprint density at radius 2 is 2.09 bits per heavy atom. The lowest BCUT2D eigenvalue weighted by Crippen LogP contribution is -2.41. The number of nitrogens with one attached hydrogen (secondary N) is 1. The number of rotatable bonds is 4. The van der Waals surface area contributed by atoms with Crippen LogP contribution in [0.3, 0.4) is 0 Å². The van der Waals surface area contributed by atoms with E-state index in [1.807, 2.05) is 14.0 Å². The van der Waals surface area contributed by atoms with Crippen molar-refractivity contribution in [2.75, 3.05) is 24.5 Å². The SMILES string of the molecule is CCc1nn(C)c(N2CCC(C3CCCN3)CC2)c1[N+](=O)[O-]. The normalized spacial score (nSPS) is 23.2. The van der Waals surface area contributed by atoms with Crippen LogP contribution in [0.15, 0.2) is 0 Å². The minimum absolute atomic E-state index is 0.197. The maximum absolute atomic E-state index is 11.4. The highest BCUT2D eigenvalue weighted by Gasteiger charge is 2.34. The number of nitrogens with zero attached hydrogens (tertiary/aromatic N) is 4. The van der Waals surface area contributed by atoms with Crippen LogP contribution in [0.2, 0.25) is 0 Å². The lowest BCUT2D eigenvalue weighted by molar-refractivity contribution is -0.384. The molecular formula is C15H25N5O2. The Morgan fingerprint density at radius 1 is 1.36 bits per heavy atom. The lowest BCUT2D eigenvalue weighted by Gasteiger charge is -2.35. The van der Waals surface area contributed by atoms with E-state index in [1.54, 1.807) is 4.68 Å². The predicted octanol–water partition coefficient (Wildman–Crippen LogP) is 1.86. The van der Waals surface area contributed by atoms with Gasteiger partial charge >= 0.3 is 5.69 Å². The van der Waals surface area contributed by atoms with Crippen LogP contribution in [0.1, 0.15) is 38.3 Å². The standard InChI is InChI=1S/C15H25N5O2/c1-3-12-14(20(21)22)15(18(2)17-12)19-9-6-11(7-10-19)13-5-4-8-16-13/h11,13,16H,3-10H2,1-2H3. The van der Waals surface area contributed by atoms with Crippen molar-refractivity contribution in [3.63, 3.8) is 0 Å². The summed E-state index contributed by atoms with van der Waals surface area (Å²) < 4.78 is 1.69. The minimum atomic E-state index is -0.272. The Bertz CT molecular complexity index is 542. The molecule has 22 heavy (non-hydrogen) atoms. The number of hydrogen-bond donors (Lipinski definition) is 1. The molecule has 1 unspecified atom stereocenters. The molecule has 3 rings (SSSR count). The van der Waals surface area contributed by atoms with Crippen LogP contribution in [-0.2, 0) is 13.5 Å². The smallest absolute Gasteiger partial charge is 0.334 e. The molecule has 1 atom stereocenters. The molecule has 7 nitrogen and oxygen atoms in total. The average molecular weight is 307 g/mol. The van der Waals surface area contributed by atoms with Crippen molar-refractivity contribution in [1.82, 2.24) is 15.1 Å². The highest BCUT2D eigenvalue weighted by molar-refractivity contribution is 5.61. The van der Waals surface area contributed by atoms with E-state index in [9.17, 15) is 10.1 Å². The summed E-state index contributed by atoms with van der Waals surface area (Å²) in [5.41, 5.74) is 0.782. The number of aryl methyl sites for hydroxylation is 2. The third-order valence-electron chi connectivity index (χ3n) is 5.09. The van der Waals surface area contributed by atoms with Crippen LogP contribution in [0.25, 0.3) is 0 Å². The summed E-state index contributed by atoms with van der Waals surface area (Å²) in [6.07, 6.45) is 5.34. The fraction of sp³-hybridized carbons (Fsp3) is 0.800. The molecule has 1 aromatic heterocycles. The van der Waals surface area contributed by atoms with Crippen molar-refractivity contribution in [2.45, 2.75) is 45.1 Å². The molecule has 3 heterocycles. The quantitative estimate of drug-likeness (QED) is 0.678. The van der Waals surface area contributed by atoms with Crippen molar-refractivity contribution in [3.8, 4) is 0 Å². The van der Waals surface area contributed by atoms with Gasteiger partial charge in [0.25, 0.3) is 0 Å². The Hall–Kier alpha value is -1.63. The molecule has 1 N–H and O–H groups in total. The fourth-order valence-electron chi connectivity index (χ4n) is 3.97. The molecule has 2 saturated heterocycles. The van der Waals surface area contributed by atoms with Gasteiger partial charge in [0.15, 0.2) is 0 Å². The van der Waals surface area contributed by atoms with Crippen LogP contribution in [0, 0.1) is 16.0 Å². The average Bonchev–Trinajstić information content (AvgIpc) is 3.14. The van der Waals surface area contributed by atoms with E-state index < -0.39 is 0 Å². The van der Waals surface area contributed by atoms with Gasteiger partial charge in [0.1, 0.15) is 5.69 Å². The second-order valence-corrected chi connectivity index (χ2v) is 6.38. The van der Waals surface area contributed by atoms with Crippen molar-refractivity contribution >= 4 is 11.5 Å². The molecule has 0 radical (unpaired) electrons. The third-order valence-corrected chi connectivity index (χ3v) is 5.09. The first kappa shape index (κ1) is 15.3. The van der Waals surface area contributed by atoms with Crippen LogP contribution >= 0.6 is 0 Å². The molecule has 0 aromatic carbocycles. The van der Waals surface area contributed by atoms with Crippen molar-refractivity contribution in [1.29, 1.82) is 0 Å². The first-order chi connectivity index (χ1) is 10.6. The molecule has 0 saturated carbocycles. The van der Waals surface area contributed by atoms with E-state index >= 15 is 0 Å². The van der Waals surface area contributed by atoms with Gasteiger partial charge in [-0.2, -0.15) is 5.10 Å². The van der Waals surface area contributed by atoms with Crippen molar-refractivity contribution < 1.29 is 4.92 Å². The Kier molecular flexibility index (Phi) is 4.33. The summed E-state index contributed by atoms with van der Waals surface area (Å²) in [6, 6.07) is 0.648. The number of aromatic nitrogens is 2. The molecule has 2 fully saturated rings. The van der Waals surface area contributed by atoms with E-state index in [0.29, 0.717) is 29.9 Å². The van der Waals surface area contributed by atoms with Gasteiger partial charge < -0.3 is 10.2 Å². The highest BCUT2D eigenvalue weighted by Crippen LogP contribution is 2.35. The monoisotopic (exact) mass is 307 g/mol. The second-order valence-electron chi connectivity index (χ2n) is 6.38. The summed E-state index contributed by atoms with van der Waals surface area (Å²) in [5, 5.41) is 19.4. The van der Waals surface area contributed by atoms with Gasteiger partial charge in [-0.3, -0.25) is 10.1 Å². The number of nitro groups is 1. The van der Waals surface area contributed by atoms with Crippen LogP contribution in [0.5, 0.6) is 0 Å². The Labute approximate surface area is 130 Å². The second kappa shape index (κ2) is 6.24. The fourth-order valence-corrected chi connectivity index (χ4v) is 3.97. The topological polar surface area (TPSA) is 76.2 Å². The maximum Gasteiger partial charge on any atom is 0.334 e. The summed E-state index contributed by atoms with van der Waals surface area (Å²) in [5.74, 6) is 1.39. The molecule has 122 valence electrons. The van der Waals surface area contributed by atoms with Crippen LogP contribution in [-0.4, -0.2) is 40.4 Å². The van der Waals surface area contributed by atoms with E-state index in [2.05, 4.69) is 15.3 Å². The van der Waals surface area contributed by atoms with Crippen LogP contribution < -0.4 is 10.2 Å². The zero-order chi connectivity index (χ0) is 15.7. The van der Waals surface area contributed by atoms with E-state index in [-0.39, 0.29) is 10.6 Å². The summed E-state index contributed by atoms with van der Waals surface area (Å²) in [6.45, 7) is 4.81. The van der Waals surface area contributed by atoms with Gasteiger partial charge in [-0.25, -0.2) is 4.68 Å². The van der Waals surface area contributed by atoms with Gasteiger partial charge in [-0.15, -0.1) is 0 Å². The summed E-state index contributed by atoms with van der Waals surface area (Å²) in [4.78, 5) is 13.3. The first-order valence-corrected chi connectivity index (χ1v) is 8.30. The molecule has 1 aromatic rings. The molecular weight excluding hydrogens is 282 g/mol. The molecule has 0 spiro atoms. The zero-order valence-electron chi connectivity index (χ0n) is 13.4. The van der Waals surface area contributed by atoms with Gasteiger partial charge in [0.2, 0.25) is 5.82 Å². The molecule has 0 aliphatic carbocycles. The largest absolute Gasteiger partial charge is 0.351 e.